The number of amides is 2. The Morgan fingerprint density at radius 3 is 2.77 bits per heavy atom. The molecule has 0 bridgehead atoms. The number of piperidine rings is 1. The fourth-order valence-electron chi connectivity index (χ4n) is 4.92. The monoisotopic (exact) mass is 526 g/mol. The quantitative estimate of drug-likeness (QED) is 0.324. The van der Waals surface area contributed by atoms with Crippen LogP contribution in [0.15, 0.2) is 88.5 Å². The van der Waals surface area contributed by atoms with Crippen molar-refractivity contribution < 1.29 is 14.2 Å². The van der Waals surface area contributed by atoms with Crippen molar-refractivity contribution in [2.45, 2.75) is 25.3 Å². The van der Waals surface area contributed by atoms with Crippen LogP contribution in [-0.2, 0) is 4.79 Å². The van der Waals surface area contributed by atoms with Gasteiger partial charge in [-0.25, -0.2) is 0 Å². The van der Waals surface area contributed by atoms with Crippen LogP contribution in [0.25, 0.3) is 0 Å². The summed E-state index contributed by atoms with van der Waals surface area (Å²) >= 11 is 0. The molecule has 3 aliphatic heterocycles. The summed E-state index contributed by atoms with van der Waals surface area (Å²) in [7, 11) is 3.93. The minimum absolute atomic E-state index is 0.0322. The number of allylic oxidation sites excluding steroid dienone is 1. The van der Waals surface area contributed by atoms with E-state index in [2.05, 4.69) is 20.5 Å². The van der Waals surface area contributed by atoms with E-state index in [-0.39, 0.29) is 22.4 Å². The molecule has 11 heteroatoms. The highest BCUT2D eigenvalue weighted by Gasteiger charge is 2.47. The number of nitrogens with zero attached hydrogens (tertiary/aromatic N) is 7. The first-order valence-electron chi connectivity index (χ1n) is 12.9. The van der Waals surface area contributed by atoms with Gasteiger partial charge in [-0.1, -0.05) is 6.08 Å². The third-order valence-corrected chi connectivity index (χ3v) is 6.87. The van der Waals surface area contributed by atoms with Gasteiger partial charge in [-0.05, 0) is 69.8 Å². The highest BCUT2D eigenvalue weighted by atomic mass is 16.2. The third-order valence-electron chi connectivity index (χ3n) is 6.87. The molecule has 1 aromatic carbocycles. The molecule has 11 nitrogen and oxygen atoms in total. The maximum atomic E-state index is 13.2. The highest BCUT2D eigenvalue weighted by Crippen LogP contribution is 2.36. The molecule has 0 aliphatic carbocycles. The van der Waals surface area contributed by atoms with E-state index in [9.17, 15) is 9.59 Å². The van der Waals surface area contributed by atoms with Gasteiger partial charge in [0.15, 0.2) is 5.82 Å². The van der Waals surface area contributed by atoms with Crippen molar-refractivity contribution in [3.05, 3.63) is 89.7 Å². The van der Waals surface area contributed by atoms with Crippen molar-refractivity contribution in [2.75, 3.05) is 32.5 Å². The van der Waals surface area contributed by atoms with Gasteiger partial charge in [-0.2, -0.15) is 15.9 Å². The second kappa shape index (κ2) is 11.2. The van der Waals surface area contributed by atoms with E-state index in [4.69, 9.17) is 10.8 Å². The van der Waals surface area contributed by atoms with E-state index in [1.165, 1.54) is 0 Å². The predicted octanol–water partition coefficient (Wildman–Crippen LogP) is 2.45. The summed E-state index contributed by atoms with van der Waals surface area (Å²) in [4.78, 5) is 39.1. The average Bonchev–Trinajstić information content (AvgIpc) is 3.26. The maximum absolute atomic E-state index is 13.2. The molecule has 3 aliphatic rings. The van der Waals surface area contributed by atoms with Crippen LogP contribution < -0.4 is 11.2 Å². The first-order valence-corrected chi connectivity index (χ1v) is 12.9. The van der Waals surface area contributed by atoms with E-state index in [1.54, 1.807) is 55.2 Å². The average molecular weight is 527 g/mol. The van der Waals surface area contributed by atoms with Crippen molar-refractivity contribution in [1.82, 2.24) is 20.0 Å². The lowest BCUT2D eigenvalue weighted by Crippen LogP contribution is -2.53. The normalized spacial score (nSPS) is 22.4. The zero-order valence-electron chi connectivity index (χ0n) is 22.1. The molecule has 5 rings (SSSR count). The molecule has 2 amide bonds. The molecule has 1 fully saturated rings. The van der Waals surface area contributed by atoms with Gasteiger partial charge >= 0.3 is 0 Å². The van der Waals surface area contributed by atoms with Crippen molar-refractivity contribution >= 4 is 29.7 Å². The first-order chi connectivity index (χ1) is 18.9. The molecule has 2 atom stereocenters. The van der Waals surface area contributed by atoms with Gasteiger partial charge in [0.05, 0.1) is 24.0 Å². The number of fused-ring (bicyclic) bond motifs is 1. The first kappa shape index (κ1) is 26.3. The van der Waals surface area contributed by atoms with Crippen molar-refractivity contribution in [2.24, 2.45) is 15.8 Å². The smallest absolute Gasteiger partial charge is 0.264 e. The zero-order valence-corrected chi connectivity index (χ0v) is 22.1. The fraction of sp³-hybridized carbons (Fsp3) is 0.286. The lowest BCUT2D eigenvalue weighted by Gasteiger charge is -2.35. The number of aliphatic imine (C=N–C) groups is 2. The molecule has 39 heavy (non-hydrogen) atoms. The zero-order chi connectivity index (χ0) is 27.4. The number of likely N-dealkylation sites (N-methyl/N-ethyl adjacent to an activating group) is 1. The van der Waals surface area contributed by atoms with Gasteiger partial charge in [0.2, 0.25) is 11.6 Å². The second-order valence-corrected chi connectivity index (χ2v) is 9.91. The number of hydrogen-bond donors (Lipinski definition) is 2. The maximum Gasteiger partial charge on any atom is 0.264 e. The molecule has 2 unspecified atom stereocenters. The van der Waals surface area contributed by atoms with E-state index in [0.29, 0.717) is 30.3 Å². The Bertz CT molecular complexity index is 1390. The number of benzene rings is 1. The van der Waals surface area contributed by atoms with Gasteiger partial charge in [0.1, 0.15) is 11.9 Å². The number of carbonyl (C=O) groups excluding carboxylic acids is 2. The molecule has 2 aromatic rings. The van der Waals surface area contributed by atoms with Gasteiger partial charge in [-0.15, -0.1) is 9.69 Å². The number of carbonyl (C=O) groups is 2. The number of likely N-dealkylation sites (tertiary alicyclic amines) is 1. The SMILES string of the molecule is CN(C)C/C=C/C(=O)N1CCCCC1C1=C2C=NC=C[N+]2(N)C(c2ccc(C(=O)Nc3cccnn3)cc2)=N1. The molecule has 4 heterocycles. The molecule has 1 saturated heterocycles. The number of hydrogen-bond acceptors (Lipinski definition) is 8. The van der Waals surface area contributed by atoms with E-state index >= 15 is 0 Å². The summed E-state index contributed by atoms with van der Waals surface area (Å²) in [6, 6.07) is 10.3. The van der Waals surface area contributed by atoms with Gasteiger partial charge in [0.25, 0.3) is 11.7 Å². The van der Waals surface area contributed by atoms with E-state index in [1.807, 2.05) is 42.1 Å². The Morgan fingerprint density at radius 1 is 1.21 bits per heavy atom. The van der Waals surface area contributed by atoms with E-state index < -0.39 is 0 Å². The van der Waals surface area contributed by atoms with Crippen LogP contribution in [0.4, 0.5) is 5.82 Å². The summed E-state index contributed by atoms with van der Waals surface area (Å²) < 4.78 is -0.154. The summed E-state index contributed by atoms with van der Waals surface area (Å²) in [5.74, 6) is 7.57. The second-order valence-electron chi connectivity index (χ2n) is 9.91. The van der Waals surface area contributed by atoms with Crippen LogP contribution in [0.5, 0.6) is 0 Å². The Labute approximate surface area is 227 Å². The Kier molecular flexibility index (Phi) is 7.55. The van der Waals surface area contributed by atoms with Crippen molar-refractivity contribution in [3.8, 4) is 0 Å². The van der Waals surface area contributed by atoms with Crippen LogP contribution in [0, 0.1) is 0 Å². The molecule has 1 aromatic heterocycles. The van der Waals surface area contributed by atoms with Gasteiger partial charge < -0.3 is 15.1 Å². The van der Waals surface area contributed by atoms with Crippen LogP contribution in [-0.4, -0.2) is 81.7 Å². The van der Waals surface area contributed by atoms with Crippen LogP contribution in [0.2, 0.25) is 0 Å². The number of rotatable bonds is 7. The standard InChI is InChI=1S/C28H31N9O2/c1-35(2)16-6-9-25(38)36-17-4-3-7-22(36)26-23-19-30-15-18-37(23,29)27(33-26)20-10-12-21(13-11-20)28(39)32-24-8-5-14-31-34-24/h5-6,8-15,18-19,22H,3-4,7,16-17,29H2,1-2H3/p+1/b9-6+. The topological polar surface area (TPSA) is 129 Å². The van der Waals surface area contributed by atoms with E-state index in [0.717, 1.165) is 36.2 Å². The third kappa shape index (κ3) is 5.46. The minimum Gasteiger partial charge on any atom is -0.330 e. The minimum atomic E-state index is -0.296. The molecule has 0 spiro atoms. The molecular weight excluding hydrogens is 494 g/mol. The molecule has 200 valence electrons. The predicted molar refractivity (Wildman–Crippen MR) is 149 cm³/mol. The number of nitrogens with two attached hydrogens (primary N) is 1. The Morgan fingerprint density at radius 2 is 2.03 bits per heavy atom. The number of aromatic nitrogens is 2. The van der Waals surface area contributed by atoms with Crippen molar-refractivity contribution in [1.29, 1.82) is 0 Å². The van der Waals surface area contributed by atoms with Crippen molar-refractivity contribution in [3.63, 3.8) is 0 Å². The summed E-state index contributed by atoms with van der Waals surface area (Å²) in [6.07, 6.45) is 13.0. The molecule has 0 saturated carbocycles. The lowest BCUT2D eigenvalue weighted by molar-refractivity contribution is -0.750. The van der Waals surface area contributed by atoms with Crippen LogP contribution in [0.1, 0.15) is 35.2 Å². The molecule has 0 radical (unpaired) electrons. The summed E-state index contributed by atoms with van der Waals surface area (Å²) in [6.45, 7) is 1.35. The highest BCUT2D eigenvalue weighted by molar-refractivity contribution is 6.05. The summed E-state index contributed by atoms with van der Waals surface area (Å²) in [5, 5.41) is 10.4. The Balaban J connectivity index is 1.43. The largest absolute Gasteiger partial charge is 0.330 e. The summed E-state index contributed by atoms with van der Waals surface area (Å²) in [5.41, 5.74) is 2.71. The number of quaternary nitrogens is 1. The fourth-order valence-corrected chi connectivity index (χ4v) is 4.92. The molecular formula is C28H32N9O2+. The molecule has 3 N–H and O–H groups in total. The van der Waals surface area contributed by atoms with Gasteiger partial charge in [0, 0.05) is 30.9 Å². The number of anilines is 1. The Hall–Kier alpha value is -4.32. The van der Waals surface area contributed by atoms with Crippen LogP contribution >= 0.6 is 0 Å². The number of amidine groups is 1. The van der Waals surface area contributed by atoms with Gasteiger partial charge in [-0.3, -0.25) is 14.6 Å². The number of nitrogens with one attached hydrogen (secondary N) is 1. The lowest BCUT2D eigenvalue weighted by atomic mass is 9.98. The van der Waals surface area contributed by atoms with Crippen LogP contribution in [0.3, 0.4) is 0 Å².